The van der Waals surface area contributed by atoms with Gasteiger partial charge in [0.1, 0.15) is 6.17 Å². The average Bonchev–Trinajstić information content (AvgIpc) is 2.86. The molecule has 0 spiro atoms. The summed E-state index contributed by atoms with van der Waals surface area (Å²) >= 11 is 0. The largest absolute Gasteiger partial charge is 0.363 e. The summed E-state index contributed by atoms with van der Waals surface area (Å²) in [7, 11) is 0. The van der Waals surface area contributed by atoms with Crippen LogP contribution in [0.4, 0.5) is 17.1 Å². The maximum absolute atomic E-state index is 9.04. The van der Waals surface area contributed by atoms with Crippen molar-refractivity contribution in [2.75, 3.05) is 10.2 Å². The number of fused-ring (bicyclic) bond motifs is 1. The molecule has 1 N–H and O–H groups in total. The van der Waals surface area contributed by atoms with Crippen LogP contribution >= 0.6 is 0 Å². The number of nitrogens with zero attached hydrogens (tertiary/aromatic N) is 2. The second-order valence-electron chi connectivity index (χ2n) is 5.38. The molecule has 0 aromatic heterocycles. The maximum atomic E-state index is 9.04. The Bertz CT molecular complexity index is 656. The Morgan fingerprint density at radius 1 is 1.15 bits per heavy atom. The molecule has 3 nitrogen and oxygen atoms in total. The fourth-order valence-electron chi connectivity index (χ4n) is 2.66. The number of rotatable bonds is 2. The van der Waals surface area contributed by atoms with Crippen molar-refractivity contribution in [3.05, 3.63) is 54.1 Å². The fourth-order valence-corrected chi connectivity index (χ4v) is 2.66. The van der Waals surface area contributed by atoms with Crippen molar-refractivity contribution < 1.29 is 0 Å². The Kier molecular flexibility index (Phi) is 3.08. The van der Waals surface area contributed by atoms with Crippen molar-refractivity contribution in [2.24, 2.45) is 5.92 Å². The van der Waals surface area contributed by atoms with Crippen molar-refractivity contribution in [1.29, 1.82) is 5.26 Å². The average molecular weight is 263 g/mol. The summed E-state index contributed by atoms with van der Waals surface area (Å²) < 4.78 is 0. The Morgan fingerprint density at radius 2 is 1.90 bits per heavy atom. The smallest absolute Gasteiger partial charge is 0.106 e. The summed E-state index contributed by atoms with van der Waals surface area (Å²) in [4.78, 5) is 2.31. The molecule has 0 bridgehead atoms. The molecule has 3 rings (SSSR count). The lowest BCUT2D eigenvalue weighted by Crippen LogP contribution is -2.36. The topological polar surface area (TPSA) is 39.1 Å². The zero-order chi connectivity index (χ0) is 14.1. The fraction of sp³-hybridized carbons (Fsp3) is 0.235. The van der Waals surface area contributed by atoms with E-state index in [9.17, 15) is 0 Å². The van der Waals surface area contributed by atoms with Gasteiger partial charge in [-0.15, -0.1) is 0 Å². The van der Waals surface area contributed by atoms with Crippen molar-refractivity contribution in [3.63, 3.8) is 0 Å². The highest BCUT2D eigenvalue weighted by Crippen LogP contribution is 2.42. The van der Waals surface area contributed by atoms with Gasteiger partial charge in [-0.25, -0.2) is 0 Å². The molecule has 1 aliphatic heterocycles. The van der Waals surface area contributed by atoms with E-state index in [0.29, 0.717) is 11.5 Å². The normalized spacial score (nSPS) is 16.7. The molecule has 20 heavy (non-hydrogen) atoms. The molecule has 1 unspecified atom stereocenters. The third kappa shape index (κ3) is 2.00. The van der Waals surface area contributed by atoms with Crippen LogP contribution in [0.2, 0.25) is 0 Å². The van der Waals surface area contributed by atoms with Crippen molar-refractivity contribution in [3.8, 4) is 6.07 Å². The molecule has 1 heterocycles. The van der Waals surface area contributed by atoms with Gasteiger partial charge in [-0.3, -0.25) is 0 Å². The van der Waals surface area contributed by atoms with Crippen LogP contribution in [0.1, 0.15) is 19.4 Å². The van der Waals surface area contributed by atoms with Crippen molar-refractivity contribution in [1.82, 2.24) is 0 Å². The lowest BCUT2D eigenvalue weighted by atomic mass is 10.1. The van der Waals surface area contributed by atoms with E-state index in [0.717, 1.165) is 11.4 Å². The second-order valence-corrected chi connectivity index (χ2v) is 5.38. The summed E-state index contributed by atoms with van der Waals surface area (Å²) in [5, 5.41) is 12.6. The van der Waals surface area contributed by atoms with Crippen LogP contribution in [0.25, 0.3) is 0 Å². The molecule has 1 atom stereocenters. The van der Waals surface area contributed by atoms with Gasteiger partial charge in [0.15, 0.2) is 0 Å². The predicted octanol–water partition coefficient (Wildman–Crippen LogP) is 4.10. The van der Waals surface area contributed by atoms with Gasteiger partial charge >= 0.3 is 0 Å². The zero-order valence-electron chi connectivity index (χ0n) is 11.7. The maximum Gasteiger partial charge on any atom is 0.106 e. The molecule has 0 fully saturated rings. The monoisotopic (exact) mass is 263 g/mol. The molecule has 1 aliphatic rings. The number of hydrogen-bond donors (Lipinski definition) is 1. The summed E-state index contributed by atoms with van der Waals surface area (Å²) in [5.41, 5.74) is 4.02. The number of benzene rings is 2. The summed E-state index contributed by atoms with van der Waals surface area (Å²) in [6.45, 7) is 4.40. The molecule has 0 saturated heterocycles. The summed E-state index contributed by atoms with van der Waals surface area (Å²) in [6.07, 6.45) is 0.210. The predicted molar refractivity (Wildman–Crippen MR) is 82.0 cm³/mol. The molecule has 0 amide bonds. The van der Waals surface area contributed by atoms with Crippen LogP contribution in [0.3, 0.4) is 0 Å². The first kappa shape index (κ1) is 12.6. The first-order valence-electron chi connectivity index (χ1n) is 6.85. The lowest BCUT2D eigenvalue weighted by Gasteiger charge is -2.29. The van der Waals surface area contributed by atoms with Crippen LogP contribution in [0, 0.1) is 17.2 Å². The highest BCUT2D eigenvalue weighted by molar-refractivity contribution is 5.83. The lowest BCUT2D eigenvalue weighted by molar-refractivity contribution is 0.543. The molecule has 0 aliphatic carbocycles. The molecular formula is C17H17N3. The third-order valence-electron chi connectivity index (χ3n) is 3.63. The molecule has 3 heteroatoms. The van der Waals surface area contributed by atoms with E-state index in [4.69, 9.17) is 5.26 Å². The van der Waals surface area contributed by atoms with Gasteiger partial charge in [-0.05, 0) is 36.2 Å². The first-order chi connectivity index (χ1) is 9.70. The second kappa shape index (κ2) is 4.90. The quantitative estimate of drug-likeness (QED) is 0.886. The number of nitriles is 1. The number of hydrogen-bond acceptors (Lipinski definition) is 3. The van der Waals surface area contributed by atoms with E-state index in [2.05, 4.69) is 42.3 Å². The molecule has 0 radical (unpaired) electrons. The molecule has 2 aromatic rings. The molecule has 100 valence electrons. The Balaban J connectivity index is 2.10. The van der Waals surface area contributed by atoms with E-state index < -0.39 is 0 Å². The minimum atomic E-state index is 0.210. The zero-order valence-corrected chi connectivity index (χ0v) is 11.7. The van der Waals surface area contributed by atoms with Gasteiger partial charge in [0, 0.05) is 5.69 Å². The molecule has 0 saturated carbocycles. The van der Waals surface area contributed by atoms with Crippen LogP contribution in [0.15, 0.2) is 48.5 Å². The van der Waals surface area contributed by atoms with Crippen LogP contribution < -0.4 is 10.2 Å². The van der Waals surface area contributed by atoms with Gasteiger partial charge in [0.05, 0.1) is 23.0 Å². The van der Waals surface area contributed by atoms with Gasteiger partial charge in [0.25, 0.3) is 0 Å². The molecular weight excluding hydrogens is 246 g/mol. The Hall–Kier alpha value is -2.47. The van der Waals surface area contributed by atoms with Crippen LogP contribution in [-0.4, -0.2) is 6.17 Å². The third-order valence-corrected chi connectivity index (χ3v) is 3.63. The van der Waals surface area contributed by atoms with Gasteiger partial charge in [0.2, 0.25) is 0 Å². The SMILES string of the molecule is CC(C)C1Nc2cc(C#N)ccc2N1c1ccccc1. The highest BCUT2D eigenvalue weighted by atomic mass is 15.3. The summed E-state index contributed by atoms with van der Waals surface area (Å²) in [6, 6.07) is 18.4. The Morgan fingerprint density at radius 3 is 2.55 bits per heavy atom. The standard InChI is InChI=1S/C17H17N3/c1-12(2)17-19-15-10-13(11-18)8-9-16(15)20(17)14-6-4-3-5-7-14/h3-10,12,17,19H,1-2H3. The molecule has 2 aromatic carbocycles. The van der Waals surface area contributed by atoms with Crippen LogP contribution in [-0.2, 0) is 0 Å². The minimum absolute atomic E-state index is 0.210. The minimum Gasteiger partial charge on any atom is -0.363 e. The van der Waals surface area contributed by atoms with E-state index in [1.807, 2.05) is 36.4 Å². The van der Waals surface area contributed by atoms with E-state index in [-0.39, 0.29) is 6.17 Å². The number of anilines is 3. The summed E-state index contributed by atoms with van der Waals surface area (Å²) in [5.74, 6) is 0.452. The number of para-hydroxylation sites is 1. The van der Waals surface area contributed by atoms with E-state index in [1.54, 1.807) is 0 Å². The van der Waals surface area contributed by atoms with Crippen molar-refractivity contribution in [2.45, 2.75) is 20.0 Å². The van der Waals surface area contributed by atoms with Crippen molar-refractivity contribution >= 4 is 17.1 Å². The van der Waals surface area contributed by atoms with E-state index >= 15 is 0 Å². The van der Waals surface area contributed by atoms with E-state index in [1.165, 1.54) is 5.69 Å². The van der Waals surface area contributed by atoms with Gasteiger partial charge < -0.3 is 10.2 Å². The van der Waals surface area contributed by atoms with Gasteiger partial charge in [-0.1, -0.05) is 32.0 Å². The first-order valence-corrected chi connectivity index (χ1v) is 6.85. The number of nitrogens with one attached hydrogen (secondary N) is 1. The Labute approximate surface area is 119 Å². The van der Waals surface area contributed by atoms with Crippen LogP contribution in [0.5, 0.6) is 0 Å². The highest BCUT2D eigenvalue weighted by Gasteiger charge is 2.31. The van der Waals surface area contributed by atoms with Gasteiger partial charge in [-0.2, -0.15) is 5.26 Å².